The molecule has 0 radical (unpaired) electrons. The predicted molar refractivity (Wildman–Crippen MR) is 131 cm³/mol. The van der Waals surface area contributed by atoms with E-state index in [1.165, 1.54) is 12.1 Å². The van der Waals surface area contributed by atoms with Crippen molar-refractivity contribution in [1.29, 1.82) is 0 Å². The molecule has 2 aromatic heterocycles. The molecule has 35 heavy (non-hydrogen) atoms. The standard InChI is InChI=1S/C27H26FN5O2/c1-19-16-21(28)11-12-24(19)30-25(34)20-8-7-15-32(18-20)27(35)23-17-29-33(22-9-3-2-4-10-22)26(23)31-13-5-6-14-31/h2-6,9-14,16-17,20H,7-8,15,18H2,1H3,(H,30,34)/t20-/m1/s1. The number of benzene rings is 2. The molecule has 1 atom stereocenters. The van der Waals surface area contributed by atoms with Crippen LogP contribution in [0.1, 0.15) is 28.8 Å². The van der Waals surface area contributed by atoms with Crippen molar-refractivity contribution in [3.63, 3.8) is 0 Å². The number of piperidine rings is 1. The van der Waals surface area contributed by atoms with Crippen molar-refractivity contribution in [2.24, 2.45) is 5.92 Å². The summed E-state index contributed by atoms with van der Waals surface area (Å²) in [7, 11) is 0. The van der Waals surface area contributed by atoms with Gasteiger partial charge in [0.1, 0.15) is 11.4 Å². The van der Waals surface area contributed by atoms with Crippen LogP contribution in [0.4, 0.5) is 10.1 Å². The van der Waals surface area contributed by atoms with Crippen LogP contribution in [0, 0.1) is 18.7 Å². The van der Waals surface area contributed by atoms with Crippen LogP contribution < -0.4 is 5.32 Å². The molecule has 3 heterocycles. The molecule has 1 aliphatic heterocycles. The molecule has 7 nitrogen and oxygen atoms in total. The van der Waals surface area contributed by atoms with Crippen LogP contribution in [0.25, 0.3) is 11.5 Å². The molecule has 0 saturated carbocycles. The topological polar surface area (TPSA) is 72.2 Å². The van der Waals surface area contributed by atoms with E-state index in [9.17, 15) is 14.0 Å². The van der Waals surface area contributed by atoms with Crippen LogP contribution >= 0.6 is 0 Å². The van der Waals surface area contributed by atoms with Crippen molar-refractivity contribution in [2.45, 2.75) is 19.8 Å². The molecule has 0 bridgehead atoms. The van der Waals surface area contributed by atoms with Crippen LogP contribution in [0.5, 0.6) is 0 Å². The Morgan fingerprint density at radius 1 is 1.06 bits per heavy atom. The molecule has 4 aromatic rings. The Bertz CT molecular complexity index is 1350. The molecule has 0 aliphatic carbocycles. The SMILES string of the molecule is Cc1cc(F)ccc1NC(=O)[C@@H]1CCCN(C(=O)c2cnn(-c3ccccc3)c2-n2cccc2)C1. The molecule has 1 saturated heterocycles. The van der Waals surface area contributed by atoms with Gasteiger partial charge < -0.3 is 14.8 Å². The highest BCUT2D eigenvalue weighted by Gasteiger charge is 2.31. The molecule has 2 amide bonds. The number of aryl methyl sites for hydroxylation is 1. The van der Waals surface area contributed by atoms with Gasteiger partial charge in [0.05, 0.1) is 17.8 Å². The quantitative estimate of drug-likeness (QED) is 0.462. The summed E-state index contributed by atoms with van der Waals surface area (Å²) in [5.41, 5.74) is 2.56. The number of aromatic nitrogens is 3. The fourth-order valence-electron chi connectivity index (χ4n) is 4.52. The van der Waals surface area contributed by atoms with Gasteiger partial charge in [-0.25, -0.2) is 9.07 Å². The highest BCUT2D eigenvalue weighted by atomic mass is 19.1. The van der Waals surface area contributed by atoms with E-state index in [1.807, 2.05) is 59.4 Å². The Labute approximate surface area is 202 Å². The van der Waals surface area contributed by atoms with Crippen LogP contribution in [0.2, 0.25) is 0 Å². The van der Waals surface area contributed by atoms with Crippen molar-refractivity contribution in [3.05, 3.63) is 96.2 Å². The summed E-state index contributed by atoms with van der Waals surface area (Å²) in [6.07, 6.45) is 6.76. The van der Waals surface area contributed by atoms with Crippen molar-refractivity contribution in [1.82, 2.24) is 19.2 Å². The molecular weight excluding hydrogens is 445 g/mol. The number of hydrogen-bond donors (Lipinski definition) is 1. The van der Waals surface area contributed by atoms with Crippen LogP contribution in [0.15, 0.2) is 79.3 Å². The first-order chi connectivity index (χ1) is 17.0. The molecular formula is C27H26FN5O2. The Morgan fingerprint density at radius 3 is 2.57 bits per heavy atom. The Hall–Kier alpha value is -4.20. The van der Waals surface area contributed by atoms with E-state index in [-0.39, 0.29) is 23.5 Å². The van der Waals surface area contributed by atoms with E-state index in [1.54, 1.807) is 28.8 Å². The summed E-state index contributed by atoms with van der Waals surface area (Å²) in [5, 5.41) is 7.43. The maximum atomic E-state index is 13.7. The van der Waals surface area contributed by atoms with E-state index < -0.39 is 0 Å². The largest absolute Gasteiger partial charge is 0.338 e. The zero-order chi connectivity index (χ0) is 24.4. The first-order valence-corrected chi connectivity index (χ1v) is 11.6. The van der Waals surface area contributed by atoms with Gasteiger partial charge >= 0.3 is 0 Å². The summed E-state index contributed by atoms with van der Waals surface area (Å²) in [6, 6.07) is 17.7. The van der Waals surface area contributed by atoms with E-state index in [0.717, 1.165) is 12.1 Å². The molecule has 1 N–H and O–H groups in total. The second kappa shape index (κ2) is 9.58. The number of amides is 2. The van der Waals surface area contributed by atoms with Crippen molar-refractivity contribution >= 4 is 17.5 Å². The lowest BCUT2D eigenvalue weighted by Crippen LogP contribution is -2.44. The maximum Gasteiger partial charge on any atom is 0.259 e. The van der Waals surface area contributed by atoms with Gasteiger partial charge in [0.15, 0.2) is 5.82 Å². The smallest absolute Gasteiger partial charge is 0.259 e. The lowest BCUT2D eigenvalue weighted by molar-refractivity contribution is -0.121. The normalized spacial score (nSPS) is 15.7. The number of para-hydroxylation sites is 1. The lowest BCUT2D eigenvalue weighted by Gasteiger charge is -2.32. The highest BCUT2D eigenvalue weighted by Crippen LogP contribution is 2.25. The zero-order valence-corrected chi connectivity index (χ0v) is 19.4. The average molecular weight is 472 g/mol. The number of halogens is 1. The summed E-state index contributed by atoms with van der Waals surface area (Å²) in [5.74, 6) is -0.366. The highest BCUT2D eigenvalue weighted by molar-refractivity contribution is 5.98. The van der Waals surface area contributed by atoms with Gasteiger partial charge in [-0.2, -0.15) is 5.10 Å². The molecule has 0 spiro atoms. The number of anilines is 1. The minimum Gasteiger partial charge on any atom is -0.338 e. The first kappa shape index (κ1) is 22.6. The fraction of sp³-hybridized carbons (Fsp3) is 0.222. The molecule has 1 aliphatic rings. The number of carbonyl (C=O) groups excluding carboxylic acids is 2. The lowest BCUT2D eigenvalue weighted by atomic mass is 9.96. The second-order valence-corrected chi connectivity index (χ2v) is 8.76. The maximum absolute atomic E-state index is 13.7. The number of rotatable bonds is 5. The van der Waals surface area contributed by atoms with Crippen LogP contribution in [-0.2, 0) is 4.79 Å². The van der Waals surface area contributed by atoms with Crippen LogP contribution in [0.3, 0.4) is 0 Å². The van der Waals surface area contributed by atoms with Crippen LogP contribution in [-0.4, -0.2) is 44.2 Å². The molecule has 1 fully saturated rings. The van der Waals surface area contributed by atoms with Crippen molar-refractivity contribution in [3.8, 4) is 11.5 Å². The summed E-state index contributed by atoms with van der Waals surface area (Å²) in [4.78, 5) is 28.4. The minimum absolute atomic E-state index is 0.161. The number of hydrogen-bond acceptors (Lipinski definition) is 3. The van der Waals surface area contributed by atoms with Gasteiger partial charge in [0.2, 0.25) is 5.91 Å². The number of nitrogens with one attached hydrogen (secondary N) is 1. The van der Waals surface area contributed by atoms with E-state index in [0.29, 0.717) is 42.1 Å². The summed E-state index contributed by atoms with van der Waals surface area (Å²) in [6.45, 7) is 2.63. The van der Waals surface area contributed by atoms with Crippen molar-refractivity contribution in [2.75, 3.05) is 18.4 Å². The van der Waals surface area contributed by atoms with Gasteiger partial charge in [-0.1, -0.05) is 18.2 Å². The van der Waals surface area contributed by atoms with Gasteiger partial charge in [0, 0.05) is 31.2 Å². The monoisotopic (exact) mass is 471 g/mol. The molecule has 5 rings (SSSR count). The van der Waals surface area contributed by atoms with Crippen molar-refractivity contribution < 1.29 is 14.0 Å². The van der Waals surface area contributed by atoms with E-state index in [2.05, 4.69) is 10.4 Å². The molecule has 8 heteroatoms. The van der Waals surface area contributed by atoms with E-state index in [4.69, 9.17) is 0 Å². The average Bonchev–Trinajstić information content (AvgIpc) is 3.56. The number of carbonyl (C=O) groups is 2. The number of nitrogens with zero attached hydrogens (tertiary/aromatic N) is 4. The summed E-state index contributed by atoms with van der Waals surface area (Å²) >= 11 is 0. The Kier molecular flexibility index (Phi) is 6.18. The van der Waals surface area contributed by atoms with Gasteiger partial charge in [0.25, 0.3) is 5.91 Å². The van der Waals surface area contributed by atoms with Gasteiger partial charge in [-0.15, -0.1) is 0 Å². The fourth-order valence-corrected chi connectivity index (χ4v) is 4.52. The molecule has 2 aromatic carbocycles. The molecule has 0 unspecified atom stereocenters. The number of likely N-dealkylation sites (tertiary alicyclic amines) is 1. The third-order valence-corrected chi connectivity index (χ3v) is 6.35. The predicted octanol–water partition coefficient (Wildman–Crippen LogP) is 4.60. The van der Waals surface area contributed by atoms with Gasteiger partial charge in [-0.05, 0) is 67.8 Å². The first-order valence-electron chi connectivity index (χ1n) is 11.6. The molecule has 178 valence electrons. The van der Waals surface area contributed by atoms with Gasteiger partial charge in [-0.3, -0.25) is 9.59 Å². The van der Waals surface area contributed by atoms with E-state index >= 15 is 0 Å². The Balaban J connectivity index is 1.39. The third kappa shape index (κ3) is 4.59. The second-order valence-electron chi connectivity index (χ2n) is 8.76. The minimum atomic E-state index is -0.351. The summed E-state index contributed by atoms with van der Waals surface area (Å²) < 4.78 is 17.0. The Morgan fingerprint density at radius 2 is 1.83 bits per heavy atom. The zero-order valence-electron chi connectivity index (χ0n) is 19.4. The third-order valence-electron chi connectivity index (χ3n) is 6.35.